The summed E-state index contributed by atoms with van der Waals surface area (Å²) >= 11 is 5.89. The first-order chi connectivity index (χ1) is 8.84. The molecule has 0 atom stereocenters. The third-order valence-corrected chi connectivity index (χ3v) is 2.89. The molecule has 0 aliphatic carbocycles. The zero-order valence-corrected chi connectivity index (χ0v) is 10.2. The average molecular weight is 256 g/mol. The molecule has 0 fully saturated rings. The summed E-state index contributed by atoms with van der Waals surface area (Å²) < 4.78 is 1.98. The second-order valence-corrected chi connectivity index (χ2v) is 4.25. The monoisotopic (exact) mass is 255 g/mol. The fourth-order valence-corrected chi connectivity index (χ4v) is 1.92. The lowest BCUT2D eigenvalue weighted by atomic mass is 10.3. The van der Waals surface area contributed by atoms with Crippen molar-refractivity contribution >= 4 is 11.6 Å². The zero-order valence-electron chi connectivity index (χ0n) is 9.49. The zero-order chi connectivity index (χ0) is 12.4. The molecule has 0 radical (unpaired) electrons. The Labute approximate surface area is 110 Å². The SMILES string of the molecule is Clc1ccc(-n2ccnc2-c2ccccn2)cc1. The Morgan fingerprint density at radius 1 is 0.889 bits per heavy atom. The van der Waals surface area contributed by atoms with Crippen LogP contribution in [0.2, 0.25) is 5.02 Å². The van der Waals surface area contributed by atoms with Gasteiger partial charge in [-0.3, -0.25) is 9.55 Å². The van der Waals surface area contributed by atoms with Crippen LogP contribution >= 0.6 is 11.6 Å². The minimum absolute atomic E-state index is 0.721. The van der Waals surface area contributed by atoms with Gasteiger partial charge < -0.3 is 0 Å². The van der Waals surface area contributed by atoms with Gasteiger partial charge in [0.15, 0.2) is 5.82 Å². The van der Waals surface area contributed by atoms with Crippen LogP contribution in [0.15, 0.2) is 61.1 Å². The summed E-state index contributed by atoms with van der Waals surface area (Å²) in [5, 5.41) is 0.721. The van der Waals surface area contributed by atoms with Crippen LogP contribution in [0.1, 0.15) is 0 Å². The molecule has 2 heterocycles. The lowest BCUT2D eigenvalue weighted by Gasteiger charge is -2.07. The normalized spacial score (nSPS) is 10.5. The minimum atomic E-state index is 0.721. The first kappa shape index (κ1) is 11.0. The van der Waals surface area contributed by atoms with Gasteiger partial charge in [0.1, 0.15) is 5.69 Å². The molecule has 1 aromatic carbocycles. The molecule has 4 heteroatoms. The van der Waals surface area contributed by atoms with E-state index in [-0.39, 0.29) is 0 Å². The van der Waals surface area contributed by atoms with E-state index in [4.69, 9.17) is 11.6 Å². The molecule has 0 bridgehead atoms. The van der Waals surface area contributed by atoms with Crippen LogP contribution in [0.25, 0.3) is 17.2 Å². The van der Waals surface area contributed by atoms with Gasteiger partial charge in [-0.25, -0.2) is 4.98 Å². The molecule has 0 unspecified atom stereocenters. The largest absolute Gasteiger partial charge is 0.299 e. The number of benzene rings is 1. The Balaban J connectivity index is 2.10. The fourth-order valence-electron chi connectivity index (χ4n) is 1.80. The van der Waals surface area contributed by atoms with Gasteiger partial charge in [0, 0.05) is 29.3 Å². The smallest absolute Gasteiger partial charge is 0.163 e. The van der Waals surface area contributed by atoms with Crippen LogP contribution < -0.4 is 0 Å². The highest BCUT2D eigenvalue weighted by atomic mass is 35.5. The first-order valence-electron chi connectivity index (χ1n) is 5.55. The third kappa shape index (κ3) is 2.00. The molecule has 3 rings (SSSR count). The number of aromatic nitrogens is 3. The summed E-state index contributed by atoms with van der Waals surface area (Å²) in [7, 11) is 0. The van der Waals surface area contributed by atoms with Crippen LogP contribution in [0.5, 0.6) is 0 Å². The predicted octanol–water partition coefficient (Wildman–Crippen LogP) is 3.59. The van der Waals surface area contributed by atoms with E-state index in [9.17, 15) is 0 Å². The van der Waals surface area contributed by atoms with Crippen LogP contribution in [0.3, 0.4) is 0 Å². The van der Waals surface area contributed by atoms with Crippen LogP contribution in [0, 0.1) is 0 Å². The van der Waals surface area contributed by atoms with Crippen molar-refractivity contribution in [2.75, 3.05) is 0 Å². The summed E-state index contributed by atoms with van der Waals surface area (Å²) in [6.45, 7) is 0. The van der Waals surface area contributed by atoms with Crippen LogP contribution in [-0.4, -0.2) is 14.5 Å². The van der Waals surface area contributed by atoms with Gasteiger partial charge in [0.05, 0.1) is 0 Å². The molecule has 88 valence electrons. The Bertz CT molecular complexity index is 644. The summed E-state index contributed by atoms with van der Waals surface area (Å²) in [4.78, 5) is 8.67. The van der Waals surface area contributed by atoms with Gasteiger partial charge in [-0.2, -0.15) is 0 Å². The van der Waals surface area contributed by atoms with Crippen LogP contribution in [0.4, 0.5) is 0 Å². The second-order valence-electron chi connectivity index (χ2n) is 3.81. The maximum atomic E-state index is 5.89. The number of rotatable bonds is 2. The fraction of sp³-hybridized carbons (Fsp3) is 0. The van der Waals surface area contributed by atoms with E-state index in [1.54, 1.807) is 12.4 Å². The molecule has 2 aromatic heterocycles. The Hall–Kier alpha value is -2.13. The number of nitrogens with zero attached hydrogens (tertiary/aromatic N) is 3. The molecule has 0 aliphatic heterocycles. The molecule has 0 aliphatic rings. The average Bonchev–Trinajstić information content (AvgIpc) is 2.90. The molecular formula is C14H10ClN3. The van der Waals surface area contributed by atoms with Gasteiger partial charge in [0.2, 0.25) is 0 Å². The molecule has 0 N–H and O–H groups in total. The summed E-state index contributed by atoms with van der Waals surface area (Å²) in [5.41, 5.74) is 1.86. The lowest BCUT2D eigenvalue weighted by molar-refractivity contribution is 1.05. The van der Waals surface area contributed by atoms with Crippen molar-refractivity contribution in [1.82, 2.24) is 14.5 Å². The Kier molecular flexibility index (Phi) is 2.82. The highest BCUT2D eigenvalue weighted by Gasteiger charge is 2.07. The number of pyridine rings is 1. The van der Waals surface area contributed by atoms with E-state index in [2.05, 4.69) is 9.97 Å². The third-order valence-electron chi connectivity index (χ3n) is 2.64. The Morgan fingerprint density at radius 3 is 2.44 bits per heavy atom. The van der Waals surface area contributed by atoms with E-state index in [1.807, 2.05) is 53.2 Å². The van der Waals surface area contributed by atoms with Crippen molar-refractivity contribution in [2.45, 2.75) is 0 Å². The van der Waals surface area contributed by atoms with Crippen LogP contribution in [-0.2, 0) is 0 Å². The van der Waals surface area contributed by atoms with Crippen molar-refractivity contribution in [3.8, 4) is 17.2 Å². The van der Waals surface area contributed by atoms with E-state index in [1.165, 1.54) is 0 Å². The van der Waals surface area contributed by atoms with E-state index < -0.39 is 0 Å². The standard InChI is InChI=1S/C14H10ClN3/c15-11-4-6-12(7-5-11)18-10-9-17-14(18)13-3-1-2-8-16-13/h1-10H. The highest BCUT2D eigenvalue weighted by Crippen LogP contribution is 2.20. The first-order valence-corrected chi connectivity index (χ1v) is 5.93. The van der Waals surface area contributed by atoms with E-state index in [0.717, 1.165) is 22.2 Å². The molecule has 3 aromatic rings. The molecular weight excluding hydrogens is 246 g/mol. The summed E-state index contributed by atoms with van der Waals surface area (Å²) in [6, 6.07) is 13.4. The quantitative estimate of drug-likeness (QED) is 0.701. The molecule has 0 spiro atoms. The van der Waals surface area contributed by atoms with Crippen molar-refractivity contribution in [3.05, 3.63) is 66.1 Å². The summed E-state index contributed by atoms with van der Waals surface area (Å²) in [6.07, 6.45) is 5.43. The number of halogens is 1. The van der Waals surface area contributed by atoms with Gasteiger partial charge in [-0.15, -0.1) is 0 Å². The maximum Gasteiger partial charge on any atom is 0.163 e. The van der Waals surface area contributed by atoms with E-state index >= 15 is 0 Å². The molecule has 0 saturated heterocycles. The van der Waals surface area contributed by atoms with E-state index in [0.29, 0.717) is 0 Å². The molecule has 18 heavy (non-hydrogen) atoms. The number of hydrogen-bond acceptors (Lipinski definition) is 2. The molecule has 0 saturated carbocycles. The van der Waals surface area contributed by atoms with Crippen molar-refractivity contribution in [2.24, 2.45) is 0 Å². The predicted molar refractivity (Wildman–Crippen MR) is 71.8 cm³/mol. The number of imidazole rings is 1. The van der Waals surface area contributed by atoms with Crippen molar-refractivity contribution in [3.63, 3.8) is 0 Å². The Morgan fingerprint density at radius 2 is 1.72 bits per heavy atom. The second kappa shape index (κ2) is 4.63. The van der Waals surface area contributed by atoms with Gasteiger partial charge >= 0.3 is 0 Å². The van der Waals surface area contributed by atoms with Gasteiger partial charge in [-0.1, -0.05) is 17.7 Å². The molecule has 0 amide bonds. The highest BCUT2D eigenvalue weighted by molar-refractivity contribution is 6.30. The topological polar surface area (TPSA) is 30.7 Å². The van der Waals surface area contributed by atoms with Gasteiger partial charge in [-0.05, 0) is 36.4 Å². The maximum absolute atomic E-state index is 5.89. The van der Waals surface area contributed by atoms with Crippen molar-refractivity contribution < 1.29 is 0 Å². The van der Waals surface area contributed by atoms with Gasteiger partial charge in [0.25, 0.3) is 0 Å². The minimum Gasteiger partial charge on any atom is -0.299 e. The number of hydrogen-bond donors (Lipinski definition) is 0. The summed E-state index contributed by atoms with van der Waals surface area (Å²) in [5.74, 6) is 0.818. The lowest BCUT2D eigenvalue weighted by Crippen LogP contribution is -1.97. The molecule has 3 nitrogen and oxygen atoms in total. The van der Waals surface area contributed by atoms with Crippen molar-refractivity contribution in [1.29, 1.82) is 0 Å².